The van der Waals surface area contributed by atoms with Crippen LogP contribution < -0.4 is 19.7 Å². The standard InChI is InChI=1S/C24H29F2N3O3/c1-31-21-10-6-20(7-11-21)29-17-15-28(16-18-29)14-2-13-27-23(30)12-5-19-3-8-22(9-4-19)32-24(25)26/h3-12,24H,2,13-18H2,1H3,(H,27,30)/b12-5+. The molecule has 2 aromatic rings. The van der Waals surface area contributed by atoms with Gasteiger partial charge in [-0.15, -0.1) is 0 Å². The fourth-order valence-corrected chi connectivity index (χ4v) is 3.53. The van der Waals surface area contributed by atoms with Crippen molar-refractivity contribution in [1.29, 1.82) is 0 Å². The lowest BCUT2D eigenvalue weighted by Crippen LogP contribution is -2.47. The molecule has 1 aliphatic rings. The van der Waals surface area contributed by atoms with Gasteiger partial charge in [0.25, 0.3) is 0 Å². The average molecular weight is 446 g/mol. The maximum Gasteiger partial charge on any atom is 0.387 e. The normalized spacial score (nSPS) is 14.7. The molecular formula is C24H29F2N3O3. The molecule has 1 heterocycles. The number of benzene rings is 2. The van der Waals surface area contributed by atoms with E-state index in [4.69, 9.17) is 4.74 Å². The summed E-state index contributed by atoms with van der Waals surface area (Å²) >= 11 is 0. The Hall–Kier alpha value is -3.13. The lowest BCUT2D eigenvalue weighted by atomic mass is 10.2. The van der Waals surface area contributed by atoms with Crippen LogP contribution in [0.25, 0.3) is 6.08 Å². The molecule has 32 heavy (non-hydrogen) atoms. The minimum absolute atomic E-state index is 0.0893. The zero-order chi connectivity index (χ0) is 22.8. The van der Waals surface area contributed by atoms with Crippen LogP contribution >= 0.6 is 0 Å². The number of halogens is 2. The summed E-state index contributed by atoms with van der Waals surface area (Å²) in [6, 6.07) is 14.3. The molecule has 0 aliphatic carbocycles. The molecule has 172 valence electrons. The van der Waals surface area contributed by atoms with E-state index in [1.165, 1.54) is 23.9 Å². The molecule has 0 radical (unpaired) electrons. The minimum atomic E-state index is -2.85. The summed E-state index contributed by atoms with van der Waals surface area (Å²) in [6.07, 6.45) is 3.96. The van der Waals surface area contributed by atoms with Gasteiger partial charge in [0.05, 0.1) is 7.11 Å². The zero-order valence-corrected chi connectivity index (χ0v) is 18.2. The maximum absolute atomic E-state index is 12.2. The van der Waals surface area contributed by atoms with Crippen LogP contribution in [0.4, 0.5) is 14.5 Å². The molecule has 0 bridgehead atoms. The van der Waals surface area contributed by atoms with Crippen LogP contribution in [0.1, 0.15) is 12.0 Å². The van der Waals surface area contributed by atoms with E-state index in [0.717, 1.165) is 50.5 Å². The lowest BCUT2D eigenvalue weighted by Gasteiger charge is -2.36. The number of nitrogens with one attached hydrogen (secondary N) is 1. The highest BCUT2D eigenvalue weighted by Gasteiger charge is 2.16. The molecule has 1 saturated heterocycles. The third kappa shape index (κ3) is 7.53. The zero-order valence-electron chi connectivity index (χ0n) is 18.2. The smallest absolute Gasteiger partial charge is 0.387 e. The number of methoxy groups -OCH3 is 1. The van der Waals surface area contributed by atoms with Gasteiger partial charge in [0, 0.05) is 44.5 Å². The first-order valence-corrected chi connectivity index (χ1v) is 10.7. The first-order chi connectivity index (χ1) is 15.5. The number of rotatable bonds is 10. The summed E-state index contributed by atoms with van der Waals surface area (Å²) in [5, 5.41) is 2.88. The highest BCUT2D eigenvalue weighted by atomic mass is 19.3. The van der Waals surface area contributed by atoms with Crippen LogP contribution in [0, 0.1) is 0 Å². The van der Waals surface area contributed by atoms with E-state index in [9.17, 15) is 13.6 Å². The third-order valence-corrected chi connectivity index (χ3v) is 5.29. The number of anilines is 1. The SMILES string of the molecule is COc1ccc(N2CCN(CCCNC(=O)/C=C/c3ccc(OC(F)F)cc3)CC2)cc1. The minimum Gasteiger partial charge on any atom is -0.497 e. The maximum atomic E-state index is 12.2. The number of carbonyl (C=O) groups excluding carboxylic acids is 1. The van der Waals surface area contributed by atoms with Gasteiger partial charge in [0.1, 0.15) is 11.5 Å². The number of carbonyl (C=O) groups is 1. The van der Waals surface area contributed by atoms with E-state index in [-0.39, 0.29) is 11.7 Å². The van der Waals surface area contributed by atoms with E-state index < -0.39 is 6.61 Å². The van der Waals surface area contributed by atoms with Crippen molar-refractivity contribution in [1.82, 2.24) is 10.2 Å². The Morgan fingerprint density at radius 2 is 1.69 bits per heavy atom. The Labute approximate surface area is 187 Å². The number of alkyl halides is 2. The third-order valence-electron chi connectivity index (χ3n) is 5.29. The second-order valence-corrected chi connectivity index (χ2v) is 7.45. The van der Waals surface area contributed by atoms with Gasteiger partial charge in [-0.1, -0.05) is 12.1 Å². The van der Waals surface area contributed by atoms with Gasteiger partial charge in [-0.05, 0) is 61.0 Å². The van der Waals surface area contributed by atoms with Crippen molar-refractivity contribution in [3.05, 3.63) is 60.2 Å². The summed E-state index contributed by atoms with van der Waals surface area (Å²) in [4.78, 5) is 16.8. The highest BCUT2D eigenvalue weighted by Crippen LogP contribution is 2.20. The first kappa shape index (κ1) is 23.5. The fourth-order valence-electron chi connectivity index (χ4n) is 3.53. The largest absolute Gasteiger partial charge is 0.497 e. The van der Waals surface area contributed by atoms with Crippen molar-refractivity contribution < 1.29 is 23.0 Å². The van der Waals surface area contributed by atoms with E-state index in [1.807, 2.05) is 12.1 Å². The second kappa shape index (κ2) is 12.0. The van der Waals surface area contributed by atoms with Gasteiger partial charge in [-0.3, -0.25) is 9.69 Å². The highest BCUT2D eigenvalue weighted by molar-refractivity contribution is 5.91. The van der Waals surface area contributed by atoms with Crippen molar-refractivity contribution in [2.45, 2.75) is 13.0 Å². The lowest BCUT2D eigenvalue weighted by molar-refractivity contribution is -0.116. The monoisotopic (exact) mass is 445 g/mol. The second-order valence-electron chi connectivity index (χ2n) is 7.45. The number of ether oxygens (including phenoxy) is 2. The molecule has 0 saturated carbocycles. The van der Waals surface area contributed by atoms with Crippen molar-refractivity contribution >= 4 is 17.7 Å². The van der Waals surface area contributed by atoms with Crippen LogP contribution in [0.5, 0.6) is 11.5 Å². The predicted octanol–water partition coefficient (Wildman–Crippen LogP) is 3.64. The van der Waals surface area contributed by atoms with E-state index in [1.54, 1.807) is 25.3 Å². The summed E-state index contributed by atoms with van der Waals surface area (Å²) < 4.78 is 33.8. The number of hydrogen-bond acceptors (Lipinski definition) is 5. The van der Waals surface area contributed by atoms with Crippen molar-refractivity contribution in [3.8, 4) is 11.5 Å². The molecule has 1 amide bonds. The topological polar surface area (TPSA) is 54.0 Å². The molecule has 0 atom stereocenters. The van der Waals surface area contributed by atoms with Crippen LogP contribution in [0.2, 0.25) is 0 Å². The molecule has 6 nitrogen and oxygen atoms in total. The van der Waals surface area contributed by atoms with E-state index in [0.29, 0.717) is 6.54 Å². The Morgan fingerprint density at radius 1 is 1.03 bits per heavy atom. The average Bonchev–Trinajstić information content (AvgIpc) is 2.81. The molecule has 0 aromatic heterocycles. The Morgan fingerprint density at radius 3 is 2.31 bits per heavy atom. The Bertz CT molecular complexity index is 865. The molecule has 1 N–H and O–H groups in total. The van der Waals surface area contributed by atoms with Crippen molar-refractivity contribution in [2.24, 2.45) is 0 Å². The molecule has 0 spiro atoms. The van der Waals surface area contributed by atoms with Crippen LogP contribution in [-0.2, 0) is 4.79 Å². The summed E-state index contributed by atoms with van der Waals surface area (Å²) in [5.74, 6) is 0.773. The first-order valence-electron chi connectivity index (χ1n) is 10.7. The summed E-state index contributed by atoms with van der Waals surface area (Å²) in [5.41, 5.74) is 1.94. The van der Waals surface area contributed by atoms with E-state index >= 15 is 0 Å². The molecule has 3 rings (SSSR count). The molecule has 1 aliphatic heterocycles. The van der Waals surface area contributed by atoms with Crippen molar-refractivity contribution in [2.75, 3.05) is 51.3 Å². The van der Waals surface area contributed by atoms with E-state index in [2.05, 4.69) is 32.0 Å². The van der Waals surface area contributed by atoms with Gasteiger partial charge in [0.15, 0.2) is 0 Å². The number of hydrogen-bond donors (Lipinski definition) is 1. The van der Waals surface area contributed by atoms with Crippen LogP contribution in [0.3, 0.4) is 0 Å². The predicted molar refractivity (Wildman–Crippen MR) is 121 cm³/mol. The van der Waals surface area contributed by atoms with Gasteiger partial charge in [-0.25, -0.2) is 0 Å². The van der Waals surface area contributed by atoms with Crippen LogP contribution in [0.15, 0.2) is 54.6 Å². The number of nitrogens with zero attached hydrogens (tertiary/aromatic N) is 2. The molecule has 2 aromatic carbocycles. The molecule has 8 heteroatoms. The van der Waals surface area contributed by atoms with Gasteiger partial charge >= 0.3 is 6.61 Å². The molecule has 1 fully saturated rings. The quantitative estimate of drug-likeness (QED) is 0.447. The van der Waals surface area contributed by atoms with Gasteiger partial charge in [0.2, 0.25) is 5.91 Å². The number of piperazine rings is 1. The van der Waals surface area contributed by atoms with Gasteiger partial charge < -0.3 is 19.7 Å². The fraction of sp³-hybridized carbons (Fsp3) is 0.375. The molecular weight excluding hydrogens is 416 g/mol. The van der Waals surface area contributed by atoms with Gasteiger partial charge in [-0.2, -0.15) is 8.78 Å². The Kier molecular flexibility index (Phi) is 8.86. The van der Waals surface area contributed by atoms with Crippen LogP contribution in [-0.4, -0.2) is 63.8 Å². The summed E-state index contributed by atoms with van der Waals surface area (Å²) in [6.45, 7) is 2.62. The molecule has 0 unspecified atom stereocenters. The summed E-state index contributed by atoms with van der Waals surface area (Å²) in [7, 11) is 1.67. The Balaban J connectivity index is 1.30. The van der Waals surface area contributed by atoms with Crippen molar-refractivity contribution in [3.63, 3.8) is 0 Å². The number of amides is 1.